The van der Waals surface area contributed by atoms with Gasteiger partial charge in [-0.2, -0.15) is 0 Å². The first-order chi connectivity index (χ1) is 16.2. The number of benzene rings is 3. The number of carbonyl (C=O) groups excluding carboxylic acids is 2. The highest BCUT2D eigenvalue weighted by Crippen LogP contribution is 2.44. The molecule has 2 aliphatic rings. The molecule has 2 heterocycles. The SMILES string of the molecule is O=CC1N(CC(=O)N2CCc3ccccc3C2)CCCC1(c1ccccc1)c1ccccc1. The summed E-state index contributed by atoms with van der Waals surface area (Å²) in [5.41, 5.74) is 4.37. The van der Waals surface area contributed by atoms with Gasteiger partial charge in [-0.3, -0.25) is 9.69 Å². The maximum absolute atomic E-state index is 13.4. The zero-order valence-electron chi connectivity index (χ0n) is 18.9. The Kier molecular flexibility index (Phi) is 6.10. The smallest absolute Gasteiger partial charge is 0.237 e. The summed E-state index contributed by atoms with van der Waals surface area (Å²) in [4.78, 5) is 30.1. The minimum atomic E-state index is -0.461. The molecule has 0 N–H and O–H groups in total. The van der Waals surface area contributed by atoms with Crippen LogP contribution in [-0.2, 0) is 28.0 Å². The van der Waals surface area contributed by atoms with Crippen LogP contribution >= 0.6 is 0 Å². The average Bonchev–Trinajstić information content (AvgIpc) is 2.89. The molecular weight excluding hydrogens is 408 g/mol. The zero-order valence-corrected chi connectivity index (χ0v) is 18.9. The number of hydrogen-bond donors (Lipinski definition) is 0. The van der Waals surface area contributed by atoms with Crippen molar-refractivity contribution in [3.05, 3.63) is 107 Å². The van der Waals surface area contributed by atoms with Crippen LogP contribution < -0.4 is 0 Å². The standard InChI is InChI=1S/C29H30N2O2/c32-22-27-29(25-12-3-1-4-13-25,26-14-5-2-6-15-26)17-9-18-30(27)21-28(33)31-19-16-23-10-7-8-11-24(23)20-31/h1-8,10-15,22,27H,9,16-21H2. The Hall–Kier alpha value is -3.24. The molecule has 33 heavy (non-hydrogen) atoms. The van der Waals surface area contributed by atoms with Crippen molar-refractivity contribution in [1.29, 1.82) is 0 Å². The molecule has 0 aromatic heterocycles. The fraction of sp³-hybridized carbons (Fsp3) is 0.310. The number of amides is 1. The molecule has 1 unspecified atom stereocenters. The Morgan fingerprint density at radius 3 is 2.09 bits per heavy atom. The van der Waals surface area contributed by atoms with Crippen LogP contribution in [-0.4, -0.2) is 47.7 Å². The van der Waals surface area contributed by atoms with Gasteiger partial charge in [0.1, 0.15) is 6.29 Å². The lowest BCUT2D eigenvalue weighted by atomic mass is 9.64. The molecule has 1 amide bonds. The summed E-state index contributed by atoms with van der Waals surface area (Å²) in [5, 5.41) is 0. The van der Waals surface area contributed by atoms with Crippen molar-refractivity contribution < 1.29 is 9.59 Å². The summed E-state index contributed by atoms with van der Waals surface area (Å²) >= 11 is 0. The van der Waals surface area contributed by atoms with E-state index in [1.807, 2.05) is 47.4 Å². The fourth-order valence-corrected chi connectivity index (χ4v) is 5.79. The van der Waals surface area contributed by atoms with Crippen molar-refractivity contribution >= 4 is 12.2 Å². The summed E-state index contributed by atoms with van der Waals surface area (Å²) in [6, 6.07) is 28.6. The molecule has 5 rings (SSSR count). The van der Waals surface area contributed by atoms with Crippen LogP contribution in [0.3, 0.4) is 0 Å². The van der Waals surface area contributed by atoms with Crippen molar-refractivity contribution in [2.75, 3.05) is 19.6 Å². The quantitative estimate of drug-likeness (QED) is 0.560. The number of piperidine rings is 1. The molecular formula is C29H30N2O2. The Bertz CT molecular complexity index is 1070. The molecule has 1 fully saturated rings. The molecule has 0 bridgehead atoms. The molecule has 0 radical (unpaired) electrons. The van der Waals surface area contributed by atoms with E-state index in [2.05, 4.69) is 47.4 Å². The Morgan fingerprint density at radius 1 is 0.848 bits per heavy atom. The second-order valence-electron chi connectivity index (χ2n) is 9.19. The molecule has 3 aromatic carbocycles. The van der Waals surface area contributed by atoms with Gasteiger partial charge >= 0.3 is 0 Å². The minimum Gasteiger partial charge on any atom is -0.337 e. The third-order valence-electron chi connectivity index (χ3n) is 7.44. The predicted molar refractivity (Wildman–Crippen MR) is 130 cm³/mol. The number of hydrogen-bond acceptors (Lipinski definition) is 3. The first-order valence-electron chi connectivity index (χ1n) is 11.9. The van der Waals surface area contributed by atoms with E-state index < -0.39 is 11.5 Å². The van der Waals surface area contributed by atoms with Gasteiger partial charge < -0.3 is 9.69 Å². The highest BCUT2D eigenvalue weighted by Gasteiger charge is 2.47. The largest absolute Gasteiger partial charge is 0.337 e. The van der Waals surface area contributed by atoms with E-state index in [0.717, 1.165) is 49.8 Å². The third kappa shape index (κ3) is 4.00. The fourth-order valence-electron chi connectivity index (χ4n) is 5.79. The number of rotatable bonds is 5. The van der Waals surface area contributed by atoms with Crippen LogP contribution in [0.15, 0.2) is 84.9 Å². The Balaban J connectivity index is 1.44. The Labute approximate surface area is 195 Å². The van der Waals surface area contributed by atoms with Crippen molar-refractivity contribution in [2.24, 2.45) is 0 Å². The van der Waals surface area contributed by atoms with Gasteiger partial charge in [0.15, 0.2) is 0 Å². The molecule has 0 aliphatic carbocycles. The number of carbonyl (C=O) groups is 2. The molecule has 4 heteroatoms. The van der Waals surface area contributed by atoms with Crippen molar-refractivity contribution in [3.8, 4) is 0 Å². The Morgan fingerprint density at radius 2 is 1.45 bits per heavy atom. The van der Waals surface area contributed by atoms with E-state index in [1.54, 1.807) is 0 Å². The highest BCUT2D eigenvalue weighted by molar-refractivity contribution is 5.79. The lowest BCUT2D eigenvalue weighted by Gasteiger charge is -2.48. The molecule has 3 aromatic rings. The summed E-state index contributed by atoms with van der Waals surface area (Å²) < 4.78 is 0. The monoisotopic (exact) mass is 438 g/mol. The topological polar surface area (TPSA) is 40.6 Å². The van der Waals surface area contributed by atoms with Gasteiger partial charge in [0.2, 0.25) is 5.91 Å². The number of aldehydes is 1. The first-order valence-corrected chi connectivity index (χ1v) is 11.9. The van der Waals surface area contributed by atoms with E-state index in [0.29, 0.717) is 6.54 Å². The molecule has 0 spiro atoms. The lowest BCUT2D eigenvalue weighted by molar-refractivity contribution is -0.135. The third-order valence-corrected chi connectivity index (χ3v) is 7.44. The van der Waals surface area contributed by atoms with Crippen LogP contribution in [0.25, 0.3) is 0 Å². The van der Waals surface area contributed by atoms with Gasteiger partial charge in [0, 0.05) is 18.5 Å². The number of nitrogens with zero attached hydrogens (tertiary/aromatic N) is 2. The second-order valence-corrected chi connectivity index (χ2v) is 9.19. The molecule has 4 nitrogen and oxygen atoms in total. The van der Waals surface area contributed by atoms with E-state index in [9.17, 15) is 9.59 Å². The summed E-state index contributed by atoms with van der Waals surface area (Å²) in [6.07, 6.45) is 3.77. The first kappa shape index (κ1) is 21.6. The van der Waals surface area contributed by atoms with Gasteiger partial charge in [-0.15, -0.1) is 0 Å². The number of likely N-dealkylation sites (tertiary alicyclic amines) is 1. The van der Waals surface area contributed by atoms with Crippen molar-refractivity contribution in [1.82, 2.24) is 9.80 Å². The zero-order chi connectivity index (χ0) is 22.7. The molecule has 0 saturated carbocycles. The summed E-state index contributed by atoms with van der Waals surface area (Å²) in [6.45, 7) is 2.41. The van der Waals surface area contributed by atoms with Crippen LogP contribution in [0.1, 0.15) is 35.1 Å². The molecule has 1 saturated heterocycles. The number of fused-ring (bicyclic) bond motifs is 1. The van der Waals surface area contributed by atoms with E-state index in [4.69, 9.17) is 0 Å². The molecule has 168 valence electrons. The van der Waals surface area contributed by atoms with Gasteiger partial charge in [0.05, 0.1) is 12.6 Å². The lowest BCUT2D eigenvalue weighted by Crippen LogP contribution is -2.58. The minimum absolute atomic E-state index is 0.105. The van der Waals surface area contributed by atoms with Crippen molar-refractivity contribution in [3.63, 3.8) is 0 Å². The van der Waals surface area contributed by atoms with Gasteiger partial charge in [-0.1, -0.05) is 84.9 Å². The van der Waals surface area contributed by atoms with Gasteiger partial charge in [-0.25, -0.2) is 0 Å². The second kappa shape index (κ2) is 9.32. The highest BCUT2D eigenvalue weighted by atomic mass is 16.2. The summed E-state index contributed by atoms with van der Waals surface area (Å²) in [7, 11) is 0. The summed E-state index contributed by atoms with van der Waals surface area (Å²) in [5.74, 6) is 0.105. The maximum atomic E-state index is 13.4. The van der Waals surface area contributed by atoms with Gasteiger partial charge in [0.25, 0.3) is 0 Å². The van der Waals surface area contributed by atoms with Crippen molar-refractivity contribution in [2.45, 2.75) is 37.3 Å². The van der Waals surface area contributed by atoms with E-state index >= 15 is 0 Å². The van der Waals surface area contributed by atoms with Crippen LogP contribution in [0, 0.1) is 0 Å². The predicted octanol–water partition coefficient (Wildman–Crippen LogP) is 4.22. The van der Waals surface area contributed by atoms with Crippen LogP contribution in [0.4, 0.5) is 0 Å². The molecule has 1 atom stereocenters. The molecule has 2 aliphatic heterocycles. The normalized spacial score (nSPS) is 20.1. The average molecular weight is 439 g/mol. The van der Waals surface area contributed by atoms with Crippen LogP contribution in [0.5, 0.6) is 0 Å². The maximum Gasteiger partial charge on any atom is 0.237 e. The van der Waals surface area contributed by atoms with Crippen LogP contribution in [0.2, 0.25) is 0 Å². The van der Waals surface area contributed by atoms with Gasteiger partial charge in [-0.05, 0) is 48.1 Å². The van der Waals surface area contributed by atoms with E-state index in [-0.39, 0.29) is 12.5 Å². The van der Waals surface area contributed by atoms with E-state index in [1.165, 1.54) is 11.1 Å².